The van der Waals surface area contributed by atoms with Crippen LogP contribution in [-0.2, 0) is 16.6 Å². The number of carboxylic acid groups (broad SMARTS) is 1. The van der Waals surface area contributed by atoms with Crippen molar-refractivity contribution in [3.63, 3.8) is 0 Å². The number of aliphatic carboxylic acids is 1. The third-order valence-electron chi connectivity index (χ3n) is 3.30. The van der Waals surface area contributed by atoms with Crippen molar-refractivity contribution >= 4 is 17.3 Å². The lowest BCUT2D eigenvalue weighted by molar-refractivity contribution is -0.143. The van der Waals surface area contributed by atoms with E-state index in [4.69, 9.17) is 4.74 Å². The summed E-state index contributed by atoms with van der Waals surface area (Å²) in [6, 6.07) is 11.4. The van der Waals surface area contributed by atoms with Crippen LogP contribution in [0.25, 0.3) is 0 Å². The molecule has 0 radical (unpaired) electrons. The fraction of sp³-hybridized carbons (Fsp3) is 0.312. The molecule has 0 fully saturated rings. The maximum Gasteiger partial charge on any atom is 0.315 e. The van der Waals surface area contributed by atoms with Gasteiger partial charge in [-0.15, -0.1) is 11.3 Å². The SMILES string of the molecule is CCOc1cccc(CC(C)(C(=O)O)c2cccs2)c1. The van der Waals surface area contributed by atoms with Crippen molar-refractivity contribution in [2.45, 2.75) is 25.7 Å². The van der Waals surface area contributed by atoms with Gasteiger partial charge in [0.2, 0.25) is 0 Å². The third-order valence-corrected chi connectivity index (χ3v) is 4.44. The van der Waals surface area contributed by atoms with Crippen LogP contribution in [0.5, 0.6) is 5.75 Å². The van der Waals surface area contributed by atoms with E-state index < -0.39 is 11.4 Å². The highest BCUT2D eigenvalue weighted by molar-refractivity contribution is 7.10. The zero-order valence-corrected chi connectivity index (χ0v) is 12.4. The molecule has 0 aliphatic carbocycles. The zero-order valence-electron chi connectivity index (χ0n) is 11.6. The Hall–Kier alpha value is -1.81. The number of hydrogen-bond acceptors (Lipinski definition) is 3. The molecule has 1 unspecified atom stereocenters. The van der Waals surface area contributed by atoms with Crippen molar-refractivity contribution in [1.82, 2.24) is 0 Å². The van der Waals surface area contributed by atoms with Gasteiger partial charge in [0, 0.05) is 4.88 Å². The number of benzene rings is 1. The second kappa shape index (κ2) is 6.09. The lowest BCUT2D eigenvalue weighted by atomic mass is 9.82. The summed E-state index contributed by atoms with van der Waals surface area (Å²) >= 11 is 1.48. The highest BCUT2D eigenvalue weighted by Crippen LogP contribution is 2.32. The molecule has 0 bridgehead atoms. The maximum absolute atomic E-state index is 11.7. The van der Waals surface area contributed by atoms with Crippen LogP contribution >= 0.6 is 11.3 Å². The molecule has 2 rings (SSSR count). The molecule has 0 amide bonds. The predicted octanol–water partition coefficient (Wildman–Crippen LogP) is 3.73. The first-order chi connectivity index (χ1) is 9.56. The van der Waals surface area contributed by atoms with Crippen LogP contribution in [0.4, 0.5) is 0 Å². The molecule has 1 heterocycles. The van der Waals surface area contributed by atoms with Gasteiger partial charge >= 0.3 is 5.97 Å². The fourth-order valence-corrected chi connectivity index (χ4v) is 3.06. The van der Waals surface area contributed by atoms with Crippen LogP contribution in [0.2, 0.25) is 0 Å². The molecule has 3 nitrogen and oxygen atoms in total. The van der Waals surface area contributed by atoms with E-state index in [0.717, 1.165) is 16.2 Å². The first-order valence-electron chi connectivity index (χ1n) is 6.55. The highest BCUT2D eigenvalue weighted by Gasteiger charge is 2.36. The minimum Gasteiger partial charge on any atom is -0.494 e. The van der Waals surface area contributed by atoms with Crippen LogP contribution in [0.15, 0.2) is 41.8 Å². The standard InChI is InChI=1S/C16H18O3S/c1-3-19-13-7-4-6-12(10-13)11-16(2,15(17)18)14-8-5-9-20-14/h4-10H,3,11H2,1-2H3,(H,17,18). The predicted molar refractivity (Wildman–Crippen MR) is 80.6 cm³/mol. The van der Waals surface area contributed by atoms with Crippen LogP contribution in [-0.4, -0.2) is 17.7 Å². The van der Waals surface area contributed by atoms with Crippen LogP contribution in [0.3, 0.4) is 0 Å². The molecule has 0 aliphatic heterocycles. The monoisotopic (exact) mass is 290 g/mol. The maximum atomic E-state index is 11.7. The number of ether oxygens (including phenoxy) is 1. The van der Waals surface area contributed by atoms with E-state index >= 15 is 0 Å². The summed E-state index contributed by atoms with van der Waals surface area (Å²) in [5.74, 6) is -0.0225. The Morgan fingerprint density at radius 3 is 2.75 bits per heavy atom. The smallest absolute Gasteiger partial charge is 0.315 e. The second-order valence-corrected chi connectivity index (χ2v) is 5.82. The lowest BCUT2D eigenvalue weighted by Gasteiger charge is -2.23. The van der Waals surface area contributed by atoms with Gasteiger partial charge in [0.05, 0.1) is 6.61 Å². The Bertz CT molecular complexity index is 577. The van der Waals surface area contributed by atoms with E-state index in [-0.39, 0.29) is 0 Å². The van der Waals surface area contributed by atoms with Crippen molar-refractivity contribution in [3.8, 4) is 5.75 Å². The van der Waals surface area contributed by atoms with Crippen LogP contribution < -0.4 is 4.74 Å². The molecule has 1 atom stereocenters. The summed E-state index contributed by atoms with van der Waals surface area (Å²) in [5, 5.41) is 11.5. The van der Waals surface area contributed by atoms with Gasteiger partial charge in [-0.2, -0.15) is 0 Å². The Kier molecular flexibility index (Phi) is 4.45. The summed E-state index contributed by atoms with van der Waals surface area (Å²) in [5.41, 5.74) is 0.0631. The van der Waals surface area contributed by atoms with E-state index in [1.54, 1.807) is 6.92 Å². The fourth-order valence-electron chi connectivity index (χ4n) is 2.18. The molecule has 1 aromatic heterocycles. The Balaban J connectivity index is 2.29. The number of rotatable bonds is 6. The normalized spacial score (nSPS) is 13.7. The molecule has 1 aromatic carbocycles. The van der Waals surface area contributed by atoms with E-state index in [2.05, 4.69) is 0 Å². The van der Waals surface area contributed by atoms with E-state index in [9.17, 15) is 9.90 Å². The summed E-state index contributed by atoms with van der Waals surface area (Å²) in [6.45, 7) is 4.30. The van der Waals surface area contributed by atoms with Gasteiger partial charge in [0.1, 0.15) is 11.2 Å². The summed E-state index contributed by atoms with van der Waals surface area (Å²) in [6.07, 6.45) is 0.448. The van der Waals surface area contributed by atoms with Gasteiger partial charge < -0.3 is 9.84 Å². The molecular formula is C16H18O3S. The molecule has 4 heteroatoms. The highest BCUT2D eigenvalue weighted by atomic mass is 32.1. The van der Waals surface area contributed by atoms with Crippen molar-refractivity contribution in [2.75, 3.05) is 6.61 Å². The molecule has 0 aliphatic rings. The first-order valence-corrected chi connectivity index (χ1v) is 7.43. The molecule has 106 valence electrons. The topological polar surface area (TPSA) is 46.5 Å². The molecule has 0 spiro atoms. The number of carbonyl (C=O) groups is 1. The summed E-state index contributed by atoms with van der Waals surface area (Å²) in [7, 11) is 0. The van der Waals surface area contributed by atoms with Gasteiger partial charge in [-0.05, 0) is 49.4 Å². The average Bonchev–Trinajstić information content (AvgIpc) is 2.93. The number of carboxylic acids is 1. The molecule has 0 saturated heterocycles. The van der Waals surface area contributed by atoms with Gasteiger partial charge in [0.15, 0.2) is 0 Å². The van der Waals surface area contributed by atoms with Crippen LogP contribution in [0, 0.1) is 0 Å². The minimum absolute atomic E-state index is 0.448. The average molecular weight is 290 g/mol. The zero-order chi connectivity index (χ0) is 14.6. The Morgan fingerprint density at radius 1 is 1.35 bits per heavy atom. The largest absolute Gasteiger partial charge is 0.494 e. The van der Waals surface area contributed by atoms with E-state index in [1.165, 1.54) is 11.3 Å². The Labute approximate surface area is 122 Å². The van der Waals surface area contributed by atoms with Gasteiger partial charge in [-0.1, -0.05) is 18.2 Å². The van der Waals surface area contributed by atoms with Gasteiger partial charge in [-0.25, -0.2) is 0 Å². The summed E-state index contributed by atoms with van der Waals surface area (Å²) in [4.78, 5) is 12.6. The van der Waals surface area contributed by atoms with Crippen molar-refractivity contribution in [2.24, 2.45) is 0 Å². The van der Waals surface area contributed by atoms with Crippen molar-refractivity contribution < 1.29 is 14.6 Å². The molecule has 2 aromatic rings. The summed E-state index contributed by atoms with van der Waals surface area (Å²) < 4.78 is 5.47. The molecule has 0 saturated carbocycles. The first kappa shape index (κ1) is 14.6. The molecule has 1 N–H and O–H groups in total. The van der Waals surface area contributed by atoms with Crippen molar-refractivity contribution in [1.29, 1.82) is 0 Å². The van der Waals surface area contributed by atoms with Crippen LogP contribution in [0.1, 0.15) is 24.3 Å². The lowest BCUT2D eigenvalue weighted by Crippen LogP contribution is -2.33. The van der Waals surface area contributed by atoms with E-state index in [1.807, 2.05) is 48.7 Å². The third kappa shape index (κ3) is 3.02. The minimum atomic E-state index is -0.904. The van der Waals surface area contributed by atoms with E-state index in [0.29, 0.717) is 13.0 Å². The Morgan fingerprint density at radius 2 is 2.15 bits per heavy atom. The molecule has 20 heavy (non-hydrogen) atoms. The number of hydrogen-bond donors (Lipinski definition) is 1. The quantitative estimate of drug-likeness (QED) is 0.881. The molecular weight excluding hydrogens is 272 g/mol. The van der Waals surface area contributed by atoms with Gasteiger partial charge in [-0.3, -0.25) is 4.79 Å². The van der Waals surface area contributed by atoms with Crippen molar-refractivity contribution in [3.05, 3.63) is 52.2 Å². The number of thiophene rings is 1. The van der Waals surface area contributed by atoms with Gasteiger partial charge in [0.25, 0.3) is 0 Å². The second-order valence-electron chi connectivity index (χ2n) is 4.87.